The van der Waals surface area contributed by atoms with E-state index in [9.17, 15) is 27.6 Å². The SMILES string of the molecule is CC(C)C(=O)N[C@@H](CCN1CCC2(CC1)NC(=O)N(Cc1ccc(OC(F)(F)F)cc1)C2=O)c1ccccc1. The van der Waals surface area contributed by atoms with Gasteiger partial charge in [-0.25, -0.2) is 4.79 Å². The maximum Gasteiger partial charge on any atom is 0.573 e. The number of amides is 4. The zero-order chi connectivity index (χ0) is 28.2. The Bertz CT molecular complexity index is 1160. The van der Waals surface area contributed by atoms with Gasteiger partial charge in [0.15, 0.2) is 0 Å². The van der Waals surface area contributed by atoms with E-state index >= 15 is 0 Å². The fourth-order valence-corrected chi connectivity index (χ4v) is 4.95. The Balaban J connectivity index is 1.33. The van der Waals surface area contributed by atoms with Gasteiger partial charge in [0.25, 0.3) is 5.91 Å². The molecule has 0 saturated carbocycles. The minimum atomic E-state index is -4.79. The Kier molecular flexibility index (Phi) is 8.48. The van der Waals surface area contributed by atoms with Crippen LogP contribution >= 0.6 is 0 Å². The molecule has 1 atom stereocenters. The molecule has 0 unspecified atom stereocenters. The van der Waals surface area contributed by atoms with E-state index in [-0.39, 0.29) is 36.1 Å². The first-order chi connectivity index (χ1) is 18.5. The molecule has 0 aliphatic carbocycles. The number of urea groups is 1. The minimum Gasteiger partial charge on any atom is -0.406 e. The summed E-state index contributed by atoms with van der Waals surface area (Å²) in [6.07, 6.45) is -3.20. The minimum absolute atomic E-state index is 0.0108. The lowest BCUT2D eigenvalue weighted by molar-refractivity contribution is -0.274. The first-order valence-electron chi connectivity index (χ1n) is 13.0. The van der Waals surface area contributed by atoms with Gasteiger partial charge in [-0.15, -0.1) is 13.2 Å². The fourth-order valence-electron chi connectivity index (χ4n) is 4.95. The summed E-state index contributed by atoms with van der Waals surface area (Å²) in [5.41, 5.74) is 0.558. The van der Waals surface area contributed by atoms with Gasteiger partial charge >= 0.3 is 12.4 Å². The predicted molar refractivity (Wildman–Crippen MR) is 137 cm³/mol. The molecule has 2 heterocycles. The normalized spacial score (nSPS) is 18.4. The van der Waals surface area contributed by atoms with Gasteiger partial charge in [-0.2, -0.15) is 0 Å². The quantitative estimate of drug-likeness (QED) is 0.456. The number of halogens is 3. The summed E-state index contributed by atoms with van der Waals surface area (Å²) in [5, 5.41) is 5.99. The van der Waals surface area contributed by atoms with Crippen LogP contribution in [0.3, 0.4) is 0 Å². The molecular weight excluding hydrogens is 513 g/mol. The number of piperidine rings is 1. The van der Waals surface area contributed by atoms with Crippen LogP contribution in [0.4, 0.5) is 18.0 Å². The molecule has 4 rings (SSSR count). The average Bonchev–Trinajstić information content (AvgIpc) is 3.12. The van der Waals surface area contributed by atoms with Crippen LogP contribution in [0.1, 0.15) is 50.3 Å². The third-order valence-electron chi connectivity index (χ3n) is 7.23. The Morgan fingerprint density at radius 3 is 2.28 bits per heavy atom. The summed E-state index contributed by atoms with van der Waals surface area (Å²) in [6.45, 7) is 5.58. The lowest BCUT2D eigenvalue weighted by atomic mass is 9.87. The molecule has 0 radical (unpaired) electrons. The highest BCUT2D eigenvalue weighted by atomic mass is 19.4. The van der Waals surface area contributed by atoms with Crippen molar-refractivity contribution in [3.63, 3.8) is 0 Å². The van der Waals surface area contributed by atoms with Crippen molar-refractivity contribution in [3.05, 3.63) is 65.7 Å². The summed E-state index contributed by atoms with van der Waals surface area (Å²) in [6, 6.07) is 14.3. The van der Waals surface area contributed by atoms with E-state index in [1.54, 1.807) is 0 Å². The van der Waals surface area contributed by atoms with Crippen molar-refractivity contribution >= 4 is 17.8 Å². The molecule has 2 aromatic carbocycles. The standard InChI is InChI=1S/C28H33F3N4O4/c1-19(2)24(36)32-23(21-6-4-3-5-7-21)12-15-34-16-13-27(14-17-34)25(37)35(26(38)33-27)18-20-8-10-22(11-9-20)39-28(29,30)31/h3-11,19,23H,12-18H2,1-2H3,(H,32,36)(H,33,38)/t23-/m0/s1. The topological polar surface area (TPSA) is 91.0 Å². The summed E-state index contributed by atoms with van der Waals surface area (Å²) >= 11 is 0. The largest absolute Gasteiger partial charge is 0.573 e. The average molecular weight is 547 g/mol. The molecule has 4 amide bonds. The van der Waals surface area contributed by atoms with Crippen molar-refractivity contribution in [2.45, 2.75) is 57.6 Å². The van der Waals surface area contributed by atoms with Crippen LogP contribution in [0.15, 0.2) is 54.6 Å². The van der Waals surface area contributed by atoms with Crippen LogP contribution in [-0.2, 0) is 16.1 Å². The molecule has 8 nitrogen and oxygen atoms in total. The molecule has 0 aromatic heterocycles. The summed E-state index contributed by atoms with van der Waals surface area (Å²) < 4.78 is 41.1. The number of nitrogens with one attached hydrogen (secondary N) is 2. The van der Waals surface area contributed by atoms with Crippen LogP contribution in [0.25, 0.3) is 0 Å². The maximum atomic E-state index is 13.3. The number of likely N-dealkylation sites (tertiary alicyclic amines) is 1. The number of hydrogen-bond donors (Lipinski definition) is 2. The van der Waals surface area contributed by atoms with Crippen molar-refractivity contribution in [1.82, 2.24) is 20.4 Å². The lowest BCUT2D eigenvalue weighted by Gasteiger charge is -2.37. The van der Waals surface area contributed by atoms with Crippen LogP contribution in [0.2, 0.25) is 0 Å². The number of benzene rings is 2. The molecule has 2 aliphatic rings. The van der Waals surface area contributed by atoms with Crippen molar-refractivity contribution in [2.75, 3.05) is 19.6 Å². The Hall–Kier alpha value is -3.60. The molecule has 210 valence electrons. The third kappa shape index (κ3) is 7.08. The smallest absolute Gasteiger partial charge is 0.406 e. The maximum absolute atomic E-state index is 13.3. The molecule has 2 saturated heterocycles. The number of carbonyl (C=O) groups excluding carboxylic acids is 3. The monoisotopic (exact) mass is 546 g/mol. The lowest BCUT2D eigenvalue weighted by Crippen LogP contribution is -2.55. The number of hydrogen-bond acceptors (Lipinski definition) is 5. The van der Waals surface area contributed by atoms with E-state index in [1.165, 1.54) is 12.1 Å². The van der Waals surface area contributed by atoms with E-state index < -0.39 is 17.9 Å². The number of ether oxygens (including phenoxy) is 1. The molecular formula is C28H33F3N4O4. The highest BCUT2D eigenvalue weighted by molar-refractivity contribution is 6.07. The van der Waals surface area contributed by atoms with Gasteiger partial charge in [0.05, 0.1) is 12.6 Å². The van der Waals surface area contributed by atoms with Gasteiger partial charge in [-0.05, 0) is 42.5 Å². The second-order valence-corrected chi connectivity index (χ2v) is 10.4. The van der Waals surface area contributed by atoms with Crippen molar-refractivity contribution in [3.8, 4) is 5.75 Å². The summed E-state index contributed by atoms with van der Waals surface area (Å²) in [7, 11) is 0. The predicted octanol–water partition coefficient (Wildman–Crippen LogP) is 4.38. The fraction of sp³-hybridized carbons (Fsp3) is 0.464. The Morgan fingerprint density at radius 2 is 1.69 bits per heavy atom. The molecule has 39 heavy (non-hydrogen) atoms. The first-order valence-corrected chi connectivity index (χ1v) is 13.0. The van der Waals surface area contributed by atoms with E-state index in [0.717, 1.165) is 22.6 Å². The van der Waals surface area contributed by atoms with Gasteiger partial charge in [0.1, 0.15) is 11.3 Å². The molecule has 0 bridgehead atoms. The van der Waals surface area contributed by atoms with Gasteiger partial charge in [-0.1, -0.05) is 56.3 Å². The van der Waals surface area contributed by atoms with Crippen LogP contribution < -0.4 is 15.4 Å². The number of rotatable bonds is 9. The van der Waals surface area contributed by atoms with E-state index in [1.807, 2.05) is 44.2 Å². The van der Waals surface area contributed by atoms with E-state index in [2.05, 4.69) is 20.3 Å². The van der Waals surface area contributed by atoms with Gasteiger partial charge in [0, 0.05) is 25.6 Å². The second-order valence-electron chi connectivity index (χ2n) is 10.4. The molecule has 11 heteroatoms. The van der Waals surface area contributed by atoms with Crippen molar-refractivity contribution in [2.24, 2.45) is 5.92 Å². The van der Waals surface area contributed by atoms with E-state index in [0.29, 0.717) is 44.5 Å². The third-order valence-corrected chi connectivity index (χ3v) is 7.23. The molecule has 1 spiro atoms. The number of alkyl halides is 3. The second kappa shape index (κ2) is 11.6. The van der Waals surface area contributed by atoms with Gasteiger partial charge < -0.3 is 20.3 Å². The van der Waals surface area contributed by atoms with E-state index in [4.69, 9.17) is 0 Å². The Labute approximate surface area is 225 Å². The van der Waals surface area contributed by atoms with Crippen LogP contribution in [0, 0.1) is 5.92 Å². The molecule has 2 fully saturated rings. The number of nitrogens with zero attached hydrogens (tertiary/aromatic N) is 2. The molecule has 2 aromatic rings. The summed E-state index contributed by atoms with van der Waals surface area (Å²) in [4.78, 5) is 41.7. The van der Waals surface area contributed by atoms with Gasteiger partial charge in [0.2, 0.25) is 5.91 Å². The zero-order valence-electron chi connectivity index (χ0n) is 22.0. The zero-order valence-corrected chi connectivity index (χ0v) is 22.0. The molecule has 2 N–H and O–H groups in total. The number of imide groups is 1. The van der Waals surface area contributed by atoms with Crippen molar-refractivity contribution < 1.29 is 32.3 Å². The molecule has 2 aliphatic heterocycles. The highest BCUT2D eigenvalue weighted by Crippen LogP contribution is 2.31. The van der Waals surface area contributed by atoms with Crippen molar-refractivity contribution in [1.29, 1.82) is 0 Å². The van der Waals surface area contributed by atoms with Gasteiger partial charge in [-0.3, -0.25) is 14.5 Å². The first kappa shape index (κ1) is 28.4. The highest BCUT2D eigenvalue weighted by Gasteiger charge is 2.52. The number of carbonyl (C=O) groups is 3. The van der Waals surface area contributed by atoms with Crippen LogP contribution in [0.5, 0.6) is 5.75 Å². The summed E-state index contributed by atoms with van der Waals surface area (Å²) in [5.74, 6) is -0.833. The Morgan fingerprint density at radius 1 is 1.05 bits per heavy atom. The van der Waals surface area contributed by atoms with Crippen LogP contribution in [-0.4, -0.2) is 59.2 Å².